The molecule has 0 aliphatic carbocycles. The second kappa shape index (κ2) is 5.47. The molecule has 3 heteroatoms. The molecule has 3 aromatic rings. The molecule has 0 bridgehead atoms. The van der Waals surface area contributed by atoms with Crippen LogP contribution in [0.5, 0.6) is 11.5 Å². The highest BCUT2D eigenvalue weighted by atomic mass is 32.1. The van der Waals surface area contributed by atoms with Crippen LogP contribution in [0.3, 0.4) is 0 Å². The van der Waals surface area contributed by atoms with Gasteiger partial charge < -0.3 is 4.74 Å². The van der Waals surface area contributed by atoms with Crippen LogP contribution in [0.15, 0.2) is 48.5 Å². The Morgan fingerprint density at radius 2 is 1.85 bits per heavy atom. The van der Waals surface area contributed by atoms with Crippen LogP contribution >= 0.6 is 11.3 Å². The molecule has 0 radical (unpaired) electrons. The van der Waals surface area contributed by atoms with Gasteiger partial charge in [-0.3, -0.25) is 0 Å². The first-order valence-corrected chi connectivity index (χ1v) is 7.24. The Hall–Kier alpha value is -2.13. The molecule has 0 N–H and O–H groups in total. The Kier molecular flexibility index (Phi) is 3.52. The first-order valence-electron chi connectivity index (χ1n) is 6.42. The van der Waals surface area contributed by atoms with E-state index in [0.717, 1.165) is 11.5 Å². The molecule has 0 unspecified atom stereocenters. The van der Waals surface area contributed by atoms with Crippen molar-refractivity contribution in [1.82, 2.24) is 0 Å². The monoisotopic (exact) mass is 283 g/mol. The summed E-state index contributed by atoms with van der Waals surface area (Å²) in [5, 5.41) is 1.24. The predicted molar refractivity (Wildman–Crippen MR) is 85.0 cm³/mol. The van der Waals surface area contributed by atoms with Gasteiger partial charge in [-0.15, -0.1) is 11.3 Å². The smallest absolute Gasteiger partial charge is 0.352 e. The van der Waals surface area contributed by atoms with Crippen LogP contribution in [0, 0.1) is 0 Å². The summed E-state index contributed by atoms with van der Waals surface area (Å²) < 4.78 is 11.9. The maximum atomic E-state index is 5.35. The lowest BCUT2D eigenvalue weighted by molar-refractivity contribution is -0.360. The van der Waals surface area contributed by atoms with E-state index in [1.54, 1.807) is 24.7 Å². The molecule has 0 saturated heterocycles. The number of rotatable bonds is 3. The minimum Gasteiger partial charge on any atom is -0.497 e. The van der Waals surface area contributed by atoms with Crippen LogP contribution < -0.4 is 4.74 Å². The van der Waals surface area contributed by atoms with E-state index in [1.165, 1.54) is 20.5 Å². The van der Waals surface area contributed by atoms with Crippen molar-refractivity contribution in [2.24, 2.45) is 0 Å². The second-order valence-electron chi connectivity index (χ2n) is 4.39. The molecule has 1 aromatic heterocycles. The number of ether oxygens (including phenoxy) is 1. The van der Waals surface area contributed by atoms with Gasteiger partial charge in [-0.1, -0.05) is 0 Å². The van der Waals surface area contributed by atoms with Crippen molar-refractivity contribution >= 4 is 27.7 Å². The van der Waals surface area contributed by atoms with Crippen molar-refractivity contribution in [2.45, 2.75) is 6.92 Å². The number of carbonyl (C=O) groups excluding carboxylic acids is 1. The standard InChI is InChI=1S/C17H15O2S/c1-3-19-14-7-4-12(5-8-14)16-10-13-6-9-15(18-2)11-17(13)20-16/h3-11H,1-2H3/q+1. The average molecular weight is 283 g/mol. The van der Waals surface area contributed by atoms with Gasteiger partial charge in [-0.2, -0.15) is 0 Å². The summed E-state index contributed by atoms with van der Waals surface area (Å²) in [7, 11) is 1.69. The van der Waals surface area contributed by atoms with Gasteiger partial charge in [-0.25, -0.2) is 4.42 Å². The van der Waals surface area contributed by atoms with Gasteiger partial charge >= 0.3 is 5.75 Å². The SMILES string of the molecule is CC=[O+]c1ccc(-c2cc3ccc(OC)cc3s2)cc1. The summed E-state index contributed by atoms with van der Waals surface area (Å²) in [6.45, 7) is 1.87. The molecule has 0 atom stereocenters. The van der Waals surface area contributed by atoms with E-state index < -0.39 is 0 Å². The summed E-state index contributed by atoms with van der Waals surface area (Å²) in [5.74, 6) is 1.76. The lowest BCUT2D eigenvalue weighted by Crippen LogP contribution is -1.79. The van der Waals surface area contributed by atoms with Gasteiger partial charge in [0.2, 0.25) is 0 Å². The first kappa shape index (κ1) is 12.9. The Labute approximate surface area is 121 Å². The van der Waals surface area contributed by atoms with E-state index in [4.69, 9.17) is 9.16 Å². The maximum Gasteiger partial charge on any atom is 0.352 e. The van der Waals surface area contributed by atoms with E-state index >= 15 is 0 Å². The van der Waals surface area contributed by atoms with Gasteiger partial charge in [0, 0.05) is 28.6 Å². The highest BCUT2D eigenvalue weighted by molar-refractivity contribution is 7.22. The van der Waals surface area contributed by atoms with Crippen LogP contribution in [0.25, 0.3) is 20.5 Å². The molecular formula is C17H15O2S+. The zero-order chi connectivity index (χ0) is 13.9. The van der Waals surface area contributed by atoms with Gasteiger partial charge in [0.05, 0.1) is 7.11 Å². The van der Waals surface area contributed by atoms with Crippen molar-refractivity contribution in [3.8, 4) is 21.9 Å². The number of thiophene rings is 1. The van der Waals surface area contributed by atoms with E-state index in [9.17, 15) is 0 Å². The summed E-state index contributed by atoms with van der Waals surface area (Å²) in [6, 6.07) is 16.5. The average Bonchev–Trinajstić information content (AvgIpc) is 2.91. The van der Waals surface area contributed by atoms with Crippen molar-refractivity contribution in [2.75, 3.05) is 7.11 Å². The van der Waals surface area contributed by atoms with Crippen LogP contribution in [0.4, 0.5) is 0 Å². The summed E-state index contributed by atoms with van der Waals surface area (Å²) in [6.07, 6.45) is 1.68. The topological polar surface area (TPSA) is 20.5 Å². The molecule has 2 nitrogen and oxygen atoms in total. The fourth-order valence-electron chi connectivity index (χ4n) is 2.11. The Morgan fingerprint density at radius 1 is 1.05 bits per heavy atom. The van der Waals surface area contributed by atoms with E-state index in [0.29, 0.717) is 0 Å². The highest BCUT2D eigenvalue weighted by Crippen LogP contribution is 2.35. The molecule has 3 rings (SSSR count). The molecule has 0 aliphatic rings. The third kappa shape index (κ3) is 2.45. The number of hydrogen-bond donors (Lipinski definition) is 0. The molecule has 0 saturated carbocycles. The van der Waals surface area contributed by atoms with Gasteiger partial charge in [0.25, 0.3) is 6.29 Å². The Bertz CT molecular complexity index is 754. The van der Waals surface area contributed by atoms with Gasteiger partial charge in [0.1, 0.15) is 5.75 Å². The third-order valence-electron chi connectivity index (χ3n) is 3.12. The molecule has 2 aromatic carbocycles. The predicted octanol–water partition coefficient (Wildman–Crippen LogP) is 5.04. The number of benzene rings is 2. The first-order chi connectivity index (χ1) is 9.80. The van der Waals surface area contributed by atoms with Crippen LogP contribution in [-0.2, 0) is 4.42 Å². The fourth-order valence-corrected chi connectivity index (χ4v) is 3.21. The van der Waals surface area contributed by atoms with Crippen LogP contribution in [-0.4, -0.2) is 13.4 Å². The normalized spacial score (nSPS) is 11.3. The number of hydrogen-bond acceptors (Lipinski definition) is 2. The number of fused-ring (bicyclic) bond motifs is 1. The number of aldehydes is 1. The summed E-state index contributed by atoms with van der Waals surface area (Å²) >= 11 is 1.77. The van der Waals surface area contributed by atoms with Crippen molar-refractivity contribution < 1.29 is 9.16 Å². The summed E-state index contributed by atoms with van der Waals surface area (Å²) in [4.78, 5) is 1.25. The molecule has 100 valence electrons. The molecule has 0 amide bonds. The largest absolute Gasteiger partial charge is 0.497 e. The third-order valence-corrected chi connectivity index (χ3v) is 4.27. The molecule has 0 fully saturated rings. The highest BCUT2D eigenvalue weighted by Gasteiger charge is 2.07. The molecule has 0 aliphatic heterocycles. The van der Waals surface area contributed by atoms with Gasteiger partial charge in [0.15, 0.2) is 0 Å². The van der Waals surface area contributed by atoms with Crippen molar-refractivity contribution in [3.63, 3.8) is 0 Å². The van der Waals surface area contributed by atoms with E-state index in [2.05, 4.69) is 30.3 Å². The Morgan fingerprint density at radius 3 is 2.55 bits per heavy atom. The van der Waals surface area contributed by atoms with Crippen molar-refractivity contribution in [3.05, 3.63) is 48.5 Å². The van der Waals surface area contributed by atoms with Gasteiger partial charge in [-0.05, 0) is 47.3 Å². The zero-order valence-electron chi connectivity index (χ0n) is 11.4. The van der Waals surface area contributed by atoms with Crippen LogP contribution in [0.1, 0.15) is 6.92 Å². The minimum absolute atomic E-state index is 0.860. The lowest BCUT2D eigenvalue weighted by Gasteiger charge is -1.97. The minimum atomic E-state index is 0.860. The van der Waals surface area contributed by atoms with Crippen molar-refractivity contribution in [1.29, 1.82) is 0 Å². The molecular weight excluding hydrogens is 268 g/mol. The quantitative estimate of drug-likeness (QED) is 0.487. The Balaban J connectivity index is 2.00. The molecule has 0 spiro atoms. The van der Waals surface area contributed by atoms with Crippen LogP contribution in [0.2, 0.25) is 0 Å². The molecule has 1 heterocycles. The summed E-state index contributed by atoms with van der Waals surface area (Å²) in [5.41, 5.74) is 1.20. The lowest BCUT2D eigenvalue weighted by atomic mass is 10.1. The second-order valence-corrected chi connectivity index (χ2v) is 5.48. The zero-order valence-corrected chi connectivity index (χ0v) is 12.2. The maximum absolute atomic E-state index is 5.35. The fraction of sp³-hybridized carbons (Fsp3) is 0.118. The van der Waals surface area contributed by atoms with E-state index in [-0.39, 0.29) is 0 Å². The van der Waals surface area contributed by atoms with E-state index in [1.807, 2.05) is 25.1 Å². The number of methoxy groups -OCH3 is 1. The molecule has 20 heavy (non-hydrogen) atoms.